The standard InChI is InChI=1S/C31H24F3N5O3/c1-18-16-39(17-36-18)23-13-21(31(32,33)34)12-22(14-23)37-30(41)27-4-2-3-20-11-24(7-8-26(20)27)42-25-9-10-35-28(15-25)38-29(40)19-5-6-19/h2-4,7-17,19H,5-6H2,1H3,(H,37,41)(H,35,38,40). The van der Waals surface area contributed by atoms with Crippen molar-refractivity contribution in [2.75, 3.05) is 10.6 Å². The lowest BCUT2D eigenvalue weighted by Gasteiger charge is -2.14. The third-order valence-corrected chi connectivity index (χ3v) is 6.78. The second-order valence-corrected chi connectivity index (χ2v) is 10.1. The largest absolute Gasteiger partial charge is 0.457 e. The summed E-state index contributed by atoms with van der Waals surface area (Å²) in [5.41, 5.74) is 0.238. The minimum absolute atomic E-state index is 0.00426. The summed E-state index contributed by atoms with van der Waals surface area (Å²) in [6.45, 7) is 1.73. The van der Waals surface area contributed by atoms with E-state index in [9.17, 15) is 22.8 Å². The van der Waals surface area contributed by atoms with Gasteiger partial charge in [0, 0.05) is 41.3 Å². The topological polar surface area (TPSA) is 98.1 Å². The Hall–Kier alpha value is -5.19. The van der Waals surface area contributed by atoms with Gasteiger partial charge >= 0.3 is 6.18 Å². The molecule has 2 heterocycles. The van der Waals surface area contributed by atoms with Crippen molar-refractivity contribution in [3.8, 4) is 17.2 Å². The van der Waals surface area contributed by atoms with Crippen molar-refractivity contribution < 1.29 is 27.5 Å². The van der Waals surface area contributed by atoms with E-state index in [0.29, 0.717) is 33.8 Å². The van der Waals surface area contributed by atoms with Crippen molar-refractivity contribution in [1.29, 1.82) is 0 Å². The van der Waals surface area contributed by atoms with Crippen LogP contribution in [0.5, 0.6) is 11.5 Å². The van der Waals surface area contributed by atoms with E-state index in [2.05, 4.69) is 20.6 Å². The summed E-state index contributed by atoms with van der Waals surface area (Å²) in [5, 5.41) is 6.69. The molecule has 0 unspecified atom stereocenters. The number of ether oxygens (including phenoxy) is 1. The number of imidazole rings is 1. The van der Waals surface area contributed by atoms with Gasteiger partial charge in [-0.2, -0.15) is 13.2 Å². The maximum absolute atomic E-state index is 13.7. The minimum Gasteiger partial charge on any atom is -0.457 e. The number of nitrogens with zero attached hydrogens (tertiary/aromatic N) is 3. The molecule has 1 aliphatic carbocycles. The predicted octanol–water partition coefficient (Wildman–Crippen LogP) is 7.14. The Morgan fingerprint density at radius 3 is 2.50 bits per heavy atom. The van der Waals surface area contributed by atoms with Crippen LogP contribution in [-0.2, 0) is 11.0 Å². The first kappa shape index (κ1) is 27.0. The molecule has 1 saturated carbocycles. The van der Waals surface area contributed by atoms with E-state index < -0.39 is 17.6 Å². The normalized spacial score (nSPS) is 13.1. The number of benzene rings is 3. The van der Waals surface area contributed by atoms with Crippen molar-refractivity contribution in [3.63, 3.8) is 0 Å². The first-order valence-corrected chi connectivity index (χ1v) is 13.1. The average Bonchev–Trinajstić information content (AvgIpc) is 3.72. The fraction of sp³-hybridized carbons (Fsp3) is 0.161. The van der Waals surface area contributed by atoms with Crippen molar-refractivity contribution in [2.45, 2.75) is 25.9 Å². The molecular weight excluding hydrogens is 547 g/mol. The lowest BCUT2D eigenvalue weighted by molar-refractivity contribution is -0.137. The number of halogens is 3. The average molecular weight is 572 g/mol. The van der Waals surface area contributed by atoms with Gasteiger partial charge in [-0.1, -0.05) is 12.1 Å². The number of nitrogens with one attached hydrogen (secondary N) is 2. The quantitative estimate of drug-likeness (QED) is 0.216. The van der Waals surface area contributed by atoms with Gasteiger partial charge in [0.05, 0.1) is 17.6 Å². The molecule has 2 aromatic heterocycles. The molecule has 212 valence electrons. The van der Waals surface area contributed by atoms with E-state index in [4.69, 9.17) is 4.74 Å². The van der Waals surface area contributed by atoms with Crippen molar-refractivity contribution in [2.24, 2.45) is 5.92 Å². The Bertz CT molecular complexity index is 1830. The Balaban J connectivity index is 1.24. The lowest BCUT2D eigenvalue weighted by Crippen LogP contribution is -2.14. The molecular formula is C31H24F3N5O3. The number of pyridine rings is 1. The van der Waals surface area contributed by atoms with Crippen LogP contribution >= 0.6 is 0 Å². The first-order valence-electron chi connectivity index (χ1n) is 13.1. The number of alkyl halides is 3. The van der Waals surface area contributed by atoms with Crippen LogP contribution in [0.2, 0.25) is 0 Å². The van der Waals surface area contributed by atoms with Crippen LogP contribution in [0.15, 0.2) is 85.5 Å². The fourth-order valence-corrected chi connectivity index (χ4v) is 4.53. The van der Waals surface area contributed by atoms with Gasteiger partial charge < -0.3 is 19.9 Å². The highest BCUT2D eigenvalue weighted by atomic mass is 19.4. The zero-order chi connectivity index (χ0) is 29.4. The van der Waals surface area contributed by atoms with Crippen molar-refractivity contribution in [1.82, 2.24) is 14.5 Å². The fourth-order valence-electron chi connectivity index (χ4n) is 4.53. The third-order valence-electron chi connectivity index (χ3n) is 6.78. The highest BCUT2D eigenvalue weighted by molar-refractivity contribution is 6.13. The third kappa shape index (κ3) is 5.95. The Kier molecular flexibility index (Phi) is 6.85. The van der Waals surface area contributed by atoms with E-state index >= 15 is 0 Å². The molecule has 0 bridgehead atoms. The molecule has 1 aliphatic rings. The number of hydrogen-bond acceptors (Lipinski definition) is 5. The van der Waals surface area contributed by atoms with E-state index in [1.807, 2.05) is 0 Å². The van der Waals surface area contributed by atoms with Crippen LogP contribution in [0.3, 0.4) is 0 Å². The summed E-state index contributed by atoms with van der Waals surface area (Å²) in [6.07, 6.45) is 1.70. The van der Waals surface area contributed by atoms with Gasteiger partial charge in [0.1, 0.15) is 17.3 Å². The number of aryl methyl sites for hydroxylation is 1. The Morgan fingerprint density at radius 1 is 0.952 bits per heavy atom. The highest BCUT2D eigenvalue weighted by Crippen LogP contribution is 2.34. The summed E-state index contributed by atoms with van der Waals surface area (Å²) in [7, 11) is 0. The van der Waals surface area contributed by atoms with Gasteiger partial charge in [-0.05, 0) is 79.1 Å². The van der Waals surface area contributed by atoms with E-state index in [-0.39, 0.29) is 28.8 Å². The van der Waals surface area contributed by atoms with Crippen LogP contribution in [0.25, 0.3) is 16.5 Å². The zero-order valence-electron chi connectivity index (χ0n) is 22.3. The summed E-state index contributed by atoms with van der Waals surface area (Å²) in [6, 6.07) is 16.9. The van der Waals surface area contributed by atoms with Gasteiger partial charge in [0.15, 0.2) is 0 Å². The smallest absolute Gasteiger partial charge is 0.416 e. The Labute approximate surface area is 238 Å². The summed E-state index contributed by atoms with van der Waals surface area (Å²) >= 11 is 0. The molecule has 42 heavy (non-hydrogen) atoms. The maximum Gasteiger partial charge on any atom is 0.416 e. The second-order valence-electron chi connectivity index (χ2n) is 10.1. The summed E-state index contributed by atoms with van der Waals surface area (Å²) in [4.78, 5) is 33.6. The number of rotatable bonds is 7. The predicted molar refractivity (Wildman–Crippen MR) is 151 cm³/mol. The van der Waals surface area contributed by atoms with Crippen LogP contribution in [-0.4, -0.2) is 26.3 Å². The molecule has 1 fully saturated rings. The van der Waals surface area contributed by atoms with Crippen molar-refractivity contribution >= 4 is 34.1 Å². The molecule has 6 rings (SSSR count). The summed E-state index contributed by atoms with van der Waals surface area (Å²) in [5.74, 6) is 0.771. The molecule has 2 N–H and O–H groups in total. The van der Waals surface area contributed by atoms with Crippen LogP contribution < -0.4 is 15.4 Å². The van der Waals surface area contributed by atoms with E-state index in [0.717, 1.165) is 25.0 Å². The summed E-state index contributed by atoms with van der Waals surface area (Å²) < 4.78 is 48.5. The van der Waals surface area contributed by atoms with Gasteiger partial charge in [0.2, 0.25) is 5.91 Å². The first-order chi connectivity index (χ1) is 20.1. The van der Waals surface area contributed by atoms with Gasteiger partial charge in [-0.25, -0.2) is 9.97 Å². The number of hydrogen-bond donors (Lipinski definition) is 2. The highest BCUT2D eigenvalue weighted by Gasteiger charge is 2.32. The molecule has 3 aromatic carbocycles. The van der Waals surface area contributed by atoms with Gasteiger partial charge in [-0.3, -0.25) is 9.59 Å². The lowest BCUT2D eigenvalue weighted by atomic mass is 10.0. The molecule has 8 nitrogen and oxygen atoms in total. The molecule has 0 aliphatic heterocycles. The molecule has 0 atom stereocenters. The van der Waals surface area contributed by atoms with E-state index in [1.54, 1.807) is 61.7 Å². The second kappa shape index (κ2) is 10.7. The number of carbonyl (C=O) groups excluding carboxylic acids is 2. The van der Waals surface area contributed by atoms with Gasteiger partial charge in [0.25, 0.3) is 5.91 Å². The molecule has 0 spiro atoms. The van der Waals surface area contributed by atoms with Gasteiger partial charge in [-0.15, -0.1) is 0 Å². The number of amides is 2. The molecule has 2 amide bonds. The van der Waals surface area contributed by atoms with Crippen molar-refractivity contribution in [3.05, 3.63) is 102 Å². The molecule has 5 aromatic rings. The number of anilines is 2. The monoisotopic (exact) mass is 571 g/mol. The minimum atomic E-state index is -4.61. The molecule has 11 heteroatoms. The molecule has 0 saturated heterocycles. The number of aromatic nitrogens is 3. The maximum atomic E-state index is 13.7. The van der Waals surface area contributed by atoms with E-state index in [1.165, 1.54) is 23.2 Å². The SMILES string of the molecule is Cc1cn(-c2cc(NC(=O)c3cccc4cc(Oc5ccnc(NC(=O)C6CC6)c5)ccc34)cc(C(F)(F)F)c2)cn1. The number of fused-ring (bicyclic) bond motifs is 1. The Morgan fingerprint density at radius 2 is 1.76 bits per heavy atom. The number of carbonyl (C=O) groups is 2. The van der Waals surface area contributed by atoms with Crippen LogP contribution in [0, 0.1) is 12.8 Å². The molecule has 0 radical (unpaired) electrons. The van der Waals surface area contributed by atoms with Crippen LogP contribution in [0.1, 0.15) is 34.5 Å². The van der Waals surface area contributed by atoms with Crippen LogP contribution in [0.4, 0.5) is 24.7 Å². The zero-order valence-corrected chi connectivity index (χ0v) is 22.3.